The molecule has 8 nitrogen and oxygen atoms in total. The number of anilines is 1. The van der Waals surface area contributed by atoms with Crippen LogP contribution in [-0.4, -0.2) is 43.4 Å². The van der Waals surface area contributed by atoms with Crippen molar-refractivity contribution in [2.24, 2.45) is 13.0 Å². The normalized spacial score (nSPS) is 17.5. The second kappa shape index (κ2) is 8.45. The highest BCUT2D eigenvalue weighted by molar-refractivity contribution is 7.89. The van der Waals surface area contributed by atoms with Gasteiger partial charge in [0, 0.05) is 25.8 Å². The molecule has 0 saturated carbocycles. The Morgan fingerprint density at radius 3 is 2.65 bits per heavy atom. The molecule has 0 aliphatic carbocycles. The van der Waals surface area contributed by atoms with Gasteiger partial charge in [-0.05, 0) is 55.3 Å². The van der Waals surface area contributed by atoms with Crippen LogP contribution in [0.15, 0.2) is 52.2 Å². The van der Waals surface area contributed by atoms with Gasteiger partial charge in [0.15, 0.2) is 0 Å². The van der Waals surface area contributed by atoms with E-state index in [1.54, 1.807) is 41.9 Å². The fourth-order valence-electron chi connectivity index (χ4n) is 3.73. The maximum atomic E-state index is 13.0. The lowest BCUT2D eigenvalue weighted by Gasteiger charge is -2.31. The van der Waals surface area contributed by atoms with Gasteiger partial charge in [-0.15, -0.1) is 0 Å². The van der Waals surface area contributed by atoms with Crippen LogP contribution >= 0.6 is 11.3 Å². The lowest BCUT2D eigenvalue weighted by molar-refractivity contribution is -0.120. The molecule has 3 aromatic rings. The van der Waals surface area contributed by atoms with Crippen molar-refractivity contribution in [2.45, 2.75) is 17.7 Å². The van der Waals surface area contributed by atoms with Crippen LogP contribution in [0.3, 0.4) is 0 Å². The summed E-state index contributed by atoms with van der Waals surface area (Å²) in [4.78, 5) is 24.8. The minimum Gasteiger partial charge on any atom is -0.497 e. The molecular weight excluding hydrogens is 438 g/mol. The number of aromatic nitrogens is 1. The zero-order chi connectivity index (χ0) is 22.2. The first-order valence-electron chi connectivity index (χ1n) is 9.84. The molecule has 1 atom stereocenters. The van der Waals surface area contributed by atoms with Gasteiger partial charge in [-0.3, -0.25) is 9.59 Å². The van der Waals surface area contributed by atoms with Gasteiger partial charge in [0.2, 0.25) is 15.9 Å². The molecule has 0 bridgehead atoms. The summed E-state index contributed by atoms with van der Waals surface area (Å²) < 4.78 is 34.8. The molecule has 1 N–H and O–H groups in total. The van der Waals surface area contributed by atoms with Crippen molar-refractivity contribution < 1.29 is 17.9 Å². The molecular formula is C21H23N3O5S2. The summed E-state index contributed by atoms with van der Waals surface area (Å²) in [6.07, 6.45) is 1.22. The number of piperidine rings is 1. The second-order valence-corrected chi connectivity index (χ2v) is 10.4. The number of aryl methyl sites for hydroxylation is 1. The highest BCUT2D eigenvalue weighted by Crippen LogP contribution is 2.27. The van der Waals surface area contributed by atoms with Gasteiger partial charge >= 0.3 is 4.87 Å². The van der Waals surface area contributed by atoms with Crippen molar-refractivity contribution in [3.05, 3.63) is 52.1 Å². The first-order valence-corrected chi connectivity index (χ1v) is 12.1. The Morgan fingerprint density at radius 2 is 1.94 bits per heavy atom. The average molecular weight is 462 g/mol. The largest absolute Gasteiger partial charge is 0.497 e. The molecule has 2 heterocycles. The smallest absolute Gasteiger partial charge is 0.307 e. The van der Waals surface area contributed by atoms with Crippen molar-refractivity contribution in [1.82, 2.24) is 8.87 Å². The van der Waals surface area contributed by atoms with Gasteiger partial charge < -0.3 is 14.6 Å². The van der Waals surface area contributed by atoms with Crippen molar-refractivity contribution in [3.8, 4) is 5.75 Å². The molecule has 1 aliphatic heterocycles. The number of benzene rings is 2. The molecule has 31 heavy (non-hydrogen) atoms. The van der Waals surface area contributed by atoms with E-state index in [-0.39, 0.29) is 22.2 Å². The third kappa shape index (κ3) is 4.23. The van der Waals surface area contributed by atoms with Crippen molar-refractivity contribution in [1.29, 1.82) is 0 Å². The van der Waals surface area contributed by atoms with Crippen LogP contribution in [-0.2, 0) is 21.9 Å². The predicted molar refractivity (Wildman–Crippen MR) is 120 cm³/mol. The number of amides is 1. The van der Waals surface area contributed by atoms with E-state index in [0.717, 1.165) is 21.6 Å². The first-order chi connectivity index (χ1) is 14.8. The SMILES string of the molecule is COc1ccc(S(=O)(=O)N2CCC[C@@H](C(=O)Nc3ccc4c(c3)sc(=O)n4C)C2)cc1. The highest BCUT2D eigenvalue weighted by atomic mass is 32.2. The third-order valence-electron chi connectivity index (χ3n) is 5.51. The van der Waals surface area contributed by atoms with E-state index in [1.165, 1.54) is 23.5 Å². The Bertz CT molecular complexity index is 1280. The number of fused-ring (bicyclic) bond motifs is 1. The number of hydrogen-bond donors (Lipinski definition) is 1. The Morgan fingerprint density at radius 1 is 1.19 bits per heavy atom. The summed E-state index contributed by atoms with van der Waals surface area (Å²) in [5.74, 6) is -0.0977. The lowest BCUT2D eigenvalue weighted by Crippen LogP contribution is -2.43. The lowest BCUT2D eigenvalue weighted by atomic mass is 9.98. The molecule has 2 aromatic carbocycles. The van der Waals surface area contributed by atoms with Crippen molar-refractivity contribution >= 4 is 43.2 Å². The van der Waals surface area contributed by atoms with E-state index in [4.69, 9.17) is 4.74 Å². The fraction of sp³-hybridized carbons (Fsp3) is 0.333. The summed E-state index contributed by atoms with van der Waals surface area (Å²) in [7, 11) is -0.467. The van der Waals surface area contributed by atoms with Crippen LogP contribution < -0.4 is 14.9 Å². The Hall–Kier alpha value is -2.69. The van der Waals surface area contributed by atoms with Crippen LogP contribution in [0.25, 0.3) is 10.2 Å². The Kier molecular flexibility index (Phi) is 5.87. The molecule has 1 saturated heterocycles. The number of carbonyl (C=O) groups excluding carboxylic acids is 1. The third-order valence-corrected chi connectivity index (χ3v) is 8.39. The van der Waals surface area contributed by atoms with E-state index in [1.807, 2.05) is 0 Å². The van der Waals surface area contributed by atoms with Gasteiger partial charge in [-0.2, -0.15) is 4.31 Å². The van der Waals surface area contributed by atoms with Crippen LogP contribution in [0.5, 0.6) is 5.75 Å². The molecule has 1 fully saturated rings. The monoisotopic (exact) mass is 461 g/mol. The summed E-state index contributed by atoms with van der Waals surface area (Å²) in [6.45, 7) is 0.503. The molecule has 1 aromatic heterocycles. The minimum absolute atomic E-state index is 0.0647. The van der Waals surface area contributed by atoms with Gasteiger partial charge in [-0.1, -0.05) is 11.3 Å². The molecule has 1 aliphatic rings. The predicted octanol–water partition coefficient (Wildman–Crippen LogP) is 2.65. The Labute approximate surface area is 184 Å². The number of nitrogens with zero attached hydrogens (tertiary/aromatic N) is 2. The molecule has 164 valence electrons. The topological polar surface area (TPSA) is 97.7 Å². The van der Waals surface area contributed by atoms with Crippen LogP contribution in [0.4, 0.5) is 5.69 Å². The van der Waals surface area contributed by atoms with E-state index >= 15 is 0 Å². The van der Waals surface area contributed by atoms with E-state index < -0.39 is 15.9 Å². The number of nitrogens with one attached hydrogen (secondary N) is 1. The number of rotatable bonds is 5. The molecule has 0 radical (unpaired) electrons. The number of methoxy groups -OCH3 is 1. The second-order valence-electron chi connectivity index (χ2n) is 7.48. The van der Waals surface area contributed by atoms with E-state index in [2.05, 4.69) is 5.32 Å². The van der Waals surface area contributed by atoms with Crippen molar-refractivity contribution in [2.75, 3.05) is 25.5 Å². The quantitative estimate of drug-likeness (QED) is 0.630. The van der Waals surface area contributed by atoms with Gasteiger partial charge in [0.05, 0.1) is 28.1 Å². The zero-order valence-electron chi connectivity index (χ0n) is 17.2. The zero-order valence-corrected chi connectivity index (χ0v) is 18.8. The van der Waals surface area contributed by atoms with Gasteiger partial charge in [-0.25, -0.2) is 8.42 Å². The summed E-state index contributed by atoms with van der Waals surface area (Å²) in [6, 6.07) is 11.6. The first kappa shape index (κ1) is 21.5. The van der Waals surface area contributed by atoms with E-state index in [9.17, 15) is 18.0 Å². The average Bonchev–Trinajstić information content (AvgIpc) is 3.06. The number of sulfonamides is 1. The maximum absolute atomic E-state index is 13.0. The molecule has 4 rings (SSSR count). The summed E-state index contributed by atoms with van der Waals surface area (Å²) >= 11 is 1.12. The molecule has 1 amide bonds. The minimum atomic E-state index is -3.70. The summed E-state index contributed by atoms with van der Waals surface area (Å²) in [5, 5.41) is 2.88. The fourth-order valence-corrected chi connectivity index (χ4v) is 6.17. The number of carbonyl (C=O) groups is 1. The molecule has 0 spiro atoms. The van der Waals surface area contributed by atoms with E-state index in [0.29, 0.717) is 30.8 Å². The van der Waals surface area contributed by atoms with Crippen LogP contribution in [0.1, 0.15) is 12.8 Å². The number of ether oxygens (including phenoxy) is 1. The summed E-state index contributed by atoms with van der Waals surface area (Å²) in [5.41, 5.74) is 1.40. The highest BCUT2D eigenvalue weighted by Gasteiger charge is 2.33. The van der Waals surface area contributed by atoms with Crippen LogP contribution in [0.2, 0.25) is 0 Å². The molecule has 10 heteroatoms. The Balaban J connectivity index is 1.48. The van der Waals surface area contributed by atoms with Crippen LogP contribution in [0, 0.1) is 5.92 Å². The standard InChI is InChI=1S/C21H23N3O5S2/c1-23-18-10-5-15(12-19(18)30-21(23)26)22-20(25)14-4-3-11-24(13-14)31(27,28)17-8-6-16(29-2)7-9-17/h5-10,12,14H,3-4,11,13H2,1-2H3,(H,22,25)/t14-/m1/s1. The number of thiazole rings is 1. The molecule has 0 unspecified atom stereocenters. The van der Waals surface area contributed by atoms with Crippen molar-refractivity contribution in [3.63, 3.8) is 0 Å². The number of hydrogen-bond acceptors (Lipinski definition) is 6. The van der Waals surface area contributed by atoms with Gasteiger partial charge in [0.25, 0.3) is 0 Å². The van der Waals surface area contributed by atoms with Gasteiger partial charge in [0.1, 0.15) is 5.75 Å². The maximum Gasteiger partial charge on any atom is 0.307 e.